The summed E-state index contributed by atoms with van der Waals surface area (Å²) in [7, 11) is 1.66. The van der Waals surface area contributed by atoms with Crippen LogP contribution in [0.2, 0.25) is 0 Å². The van der Waals surface area contributed by atoms with Gasteiger partial charge in [-0.1, -0.05) is 0 Å². The Morgan fingerprint density at radius 2 is 2.22 bits per heavy atom. The Kier molecular flexibility index (Phi) is 7.53. The first-order valence-electron chi connectivity index (χ1n) is 6.03. The Balaban J connectivity index is 2.09. The van der Waals surface area contributed by atoms with E-state index in [0.717, 1.165) is 31.7 Å². The molecule has 0 radical (unpaired) electrons. The fourth-order valence-electron chi connectivity index (χ4n) is 1.43. The van der Waals surface area contributed by atoms with Crippen LogP contribution in [0.1, 0.15) is 18.4 Å². The molecule has 5 heteroatoms. The normalized spacial score (nSPS) is 10.0. The largest absolute Gasteiger partial charge is 0.383 e. The molecule has 1 rings (SSSR count). The van der Waals surface area contributed by atoms with Crippen molar-refractivity contribution in [3.05, 3.63) is 24.0 Å². The van der Waals surface area contributed by atoms with Gasteiger partial charge >= 0.3 is 0 Å². The summed E-state index contributed by atoms with van der Waals surface area (Å²) < 4.78 is 10.2. The van der Waals surface area contributed by atoms with Crippen molar-refractivity contribution in [3.63, 3.8) is 0 Å². The highest BCUT2D eigenvalue weighted by Crippen LogP contribution is 2.11. The second-order valence-electron chi connectivity index (χ2n) is 3.77. The van der Waals surface area contributed by atoms with Crippen LogP contribution in [0.3, 0.4) is 0 Å². The molecule has 0 atom stereocenters. The zero-order valence-corrected chi connectivity index (χ0v) is 10.7. The summed E-state index contributed by atoms with van der Waals surface area (Å²) in [5.41, 5.74) is 1.42. The van der Waals surface area contributed by atoms with Crippen LogP contribution >= 0.6 is 0 Å². The standard InChI is InChI=1S/C13H19N3O2/c1-17-8-9-18-7-3-2-5-16-13-11-15-6-4-12(13)10-14/h4,6,11,16H,2-3,5,7-9H2,1H3. The molecule has 1 heterocycles. The highest BCUT2D eigenvalue weighted by molar-refractivity contribution is 5.55. The second kappa shape index (κ2) is 9.40. The summed E-state index contributed by atoms with van der Waals surface area (Å²) in [6.07, 6.45) is 5.27. The Labute approximate surface area is 108 Å². The third-order valence-electron chi connectivity index (χ3n) is 2.40. The third-order valence-corrected chi connectivity index (χ3v) is 2.40. The summed E-state index contributed by atoms with van der Waals surface area (Å²) in [6, 6.07) is 3.83. The Bertz CT molecular complexity index is 377. The lowest BCUT2D eigenvalue weighted by Gasteiger charge is -2.07. The second-order valence-corrected chi connectivity index (χ2v) is 3.77. The van der Waals surface area contributed by atoms with Gasteiger partial charge in [-0.25, -0.2) is 0 Å². The molecule has 0 spiro atoms. The van der Waals surface area contributed by atoms with E-state index in [9.17, 15) is 0 Å². The average molecular weight is 249 g/mol. The van der Waals surface area contributed by atoms with Gasteiger partial charge in [0, 0.05) is 26.5 Å². The first-order valence-corrected chi connectivity index (χ1v) is 6.03. The van der Waals surface area contributed by atoms with Crippen LogP contribution in [0, 0.1) is 11.3 Å². The number of anilines is 1. The zero-order chi connectivity index (χ0) is 13.1. The van der Waals surface area contributed by atoms with Gasteiger partial charge in [-0.15, -0.1) is 0 Å². The number of unbranched alkanes of at least 4 members (excludes halogenated alkanes) is 1. The first-order chi connectivity index (χ1) is 8.88. The molecular formula is C13H19N3O2. The highest BCUT2D eigenvalue weighted by Gasteiger charge is 1.99. The Morgan fingerprint density at radius 1 is 1.33 bits per heavy atom. The molecule has 1 aromatic rings. The minimum atomic E-state index is 0.626. The molecule has 0 bridgehead atoms. The molecule has 0 aliphatic carbocycles. The summed E-state index contributed by atoms with van der Waals surface area (Å²) in [4.78, 5) is 3.99. The van der Waals surface area contributed by atoms with Crippen LogP contribution in [0.15, 0.2) is 18.5 Å². The van der Waals surface area contributed by atoms with E-state index < -0.39 is 0 Å². The van der Waals surface area contributed by atoms with Gasteiger partial charge < -0.3 is 14.8 Å². The maximum atomic E-state index is 8.89. The number of hydrogen-bond acceptors (Lipinski definition) is 5. The number of nitriles is 1. The predicted octanol–water partition coefficient (Wildman–Crippen LogP) is 1.81. The van der Waals surface area contributed by atoms with Crippen molar-refractivity contribution in [2.75, 3.05) is 38.8 Å². The van der Waals surface area contributed by atoms with Crippen molar-refractivity contribution in [1.29, 1.82) is 5.26 Å². The predicted molar refractivity (Wildman–Crippen MR) is 69.4 cm³/mol. The van der Waals surface area contributed by atoms with Gasteiger partial charge in [-0.3, -0.25) is 4.98 Å². The average Bonchev–Trinajstić information content (AvgIpc) is 2.42. The van der Waals surface area contributed by atoms with Gasteiger partial charge in [0.25, 0.3) is 0 Å². The van der Waals surface area contributed by atoms with E-state index in [1.165, 1.54) is 0 Å². The molecule has 0 amide bonds. The first kappa shape index (κ1) is 14.4. The van der Waals surface area contributed by atoms with Crippen LogP contribution in [0.5, 0.6) is 0 Å². The van der Waals surface area contributed by atoms with Crippen LogP contribution in [0.4, 0.5) is 5.69 Å². The number of hydrogen-bond donors (Lipinski definition) is 1. The fourth-order valence-corrected chi connectivity index (χ4v) is 1.43. The fraction of sp³-hybridized carbons (Fsp3) is 0.538. The minimum Gasteiger partial charge on any atom is -0.383 e. The lowest BCUT2D eigenvalue weighted by atomic mass is 10.2. The lowest BCUT2D eigenvalue weighted by molar-refractivity contribution is 0.0691. The highest BCUT2D eigenvalue weighted by atomic mass is 16.5. The van der Waals surface area contributed by atoms with E-state index in [1.54, 1.807) is 25.6 Å². The molecule has 0 aromatic carbocycles. The molecule has 0 saturated heterocycles. The number of nitrogens with zero attached hydrogens (tertiary/aromatic N) is 2. The van der Waals surface area contributed by atoms with Crippen molar-refractivity contribution < 1.29 is 9.47 Å². The molecule has 5 nitrogen and oxygen atoms in total. The molecule has 18 heavy (non-hydrogen) atoms. The van der Waals surface area contributed by atoms with E-state index in [1.807, 2.05) is 0 Å². The van der Waals surface area contributed by atoms with Gasteiger partial charge in [0.05, 0.1) is 30.7 Å². The summed E-state index contributed by atoms with van der Waals surface area (Å²) in [5, 5.41) is 12.1. The SMILES string of the molecule is COCCOCCCCNc1cnccc1C#N. The van der Waals surface area contributed by atoms with Crippen molar-refractivity contribution in [3.8, 4) is 6.07 Å². The van der Waals surface area contributed by atoms with Gasteiger partial charge in [0.15, 0.2) is 0 Å². The molecule has 98 valence electrons. The van der Waals surface area contributed by atoms with E-state index >= 15 is 0 Å². The lowest BCUT2D eigenvalue weighted by Crippen LogP contribution is -2.07. The summed E-state index contributed by atoms with van der Waals surface area (Å²) in [5.74, 6) is 0. The van der Waals surface area contributed by atoms with Gasteiger partial charge in [0.2, 0.25) is 0 Å². The molecule has 0 aliphatic heterocycles. The molecule has 0 fully saturated rings. The van der Waals surface area contributed by atoms with Crippen molar-refractivity contribution in [1.82, 2.24) is 4.98 Å². The molecule has 0 aliphatic rings. The van der Waals surface area contributed by atoms with Crippen molar-refractivity contribution in [2.45, 2.75) is 12.8 Å². The monoisotopic (exact) mass is 249 g/mol. The maximum absolute atomic E-state index is 8.89. The van der Waals surface area contributed by atoms with E-state index in [2.05, 4.69) is 16.4 Å². The number of nitrogens with one attached hydrogen (secondary N) is 1. The Hall–Kier alpha value is -1.64. The molecule has 1 aromatic heterocycles. The third kappa shape index (κ3) is 5.62. The van der Waals surface area contributed by atoms with Crippen molar-refractivity contribution >= 4 is 5.69 Å². The van der Waals surface area contributed by atoms with E-state index in [0.29, 0.717) is 18.8 Å². The quantitative estimate of drug-likeness (QED) is 0.676. The Morgan fingerprint density at radius 3 is 3.00 bits per heavy atom. The van der Waals surface area contributed by atoms with Crippen LogP contribution in [-0.4, -0.2) is 38.5 Å². The van der Waals surface area contributed by atoms with E-state index in [4.69, 9.17) is 14.7 Å². The van der Waals surface area contributed by atoms with Crippen LogP contribution in [0.25, 0.3) is 0 Å². The molecule has 1 N–H and O–H groups in total. The number of ether oxygens (including phenoxy) is 2. The topological polar surface area (TPSA) is 67.2 Å². The van der Waals surface area contributed by atoms with Gasteiger partial charge in [-0.2, -0.15) is 5.26 Å². The van der Waals surface area contributed by atoms with Crippen molar-refractivity contribution in [2.24, 2.45) is 0 Å². The molecule has 0 saturated carbocycles. The van der Waals surface area contributed by atoms with Gasteiger partial charge in [0.1, 0.15) is 6.07 Å². The molecule has 0 unspecified atom stereocenters. The number of rotatable bonds is 9. The van der Waals surface area contributed by atoms with Crippen LogP contribution in [-0.2, 0) is 9.47 Å². The van der Waals surface area contributed by atoms with Crippen LogP contribution < -0.4 is 5.32 Å². The zero-order valence-electron chi connectivity index (χ0n) is 10.7. The molecular weight excluding hydrogens is 230 g/mol. The smallest absolute Gasteiger partial charge is 0.101 e. The summed E-state index contributed by atoms with van der Waals surface area (Å²) in [6.45, 7) is 2.84. The summed E-state index contributed by atoms with van der Waals surface area (Å²) >= 11 is 0. The van der Waals surface area contributed by atoms with Gasteiger partial charge in [-0.05, 0) is 18.9 Å². The number of aromatic nitrogens is 1. The maximum Gasteiger partial charge on any atom is 0.101 e. The number of pyridine rings is 1. The number of methoxy groups -OCH3 is 1. The van der Waals surface area contributed by atoms with E-state index in [-0.39, 0.29) is 0 Å². The minimum absolute atomic E-state index is 0.626.